The lowest BCUT2D eigenvalue weighted by atomic mass is 9.74. The lowest BCUT2D eigenvalue weighted by Crippen LogP contribution is -2.47. The molecule has 0 spiro atoms. The van der Waals surface area contributed by atoms with Crippen molar-refractivity contribution in [3.05, 3.63) is 62.1 Å². The van der Waals surface area contributed by atoms with Crippen LogP contribution in [-0.4, -0.2) is 36.3 Å². The Hall–Kier alpha value is -1.33. The van der Waals surface area contributed by atoms with Gasteiger partial charge in [-0.2, -0.15) is 0 Å². The summed E-state index contributed by atoms with van der Waals surface area (Å²) in [6.45, 7) is 7.24. The van der Waals surface area contributed by atoms with Crippen molar-refractivity contribution in [2.45, 2.75) is 45.6 Å². The zero-order chi connectivity index (χ0) is 23.5. The summed E-state index contributed by atoms with van der Waals surface area (Å²) in [4.78, 5) is 14.3. The molecule has 0 aromatic heterocycles. The molecule has 1 aliphatic rings. The van der Waals surface area contributed by atoms with Crippen LogP contribution in [0.5, 0.6) is 5.75 Å². The zero-order valence-corrected chi connectivity index (χ0v) is 21.4. The highest BCUT2D eigenvalue weighted by Gasteiger charge is 2.38. The van der Waals surface area contributed by atoms with Crippen LogP contribution in [0.3, 0.4) is 0 Å². The summed E-state index contributed by atoms with van der Waals surface area (Å²) >= 11 is 24.5. The molecule has 0 N–H and O–H groups in total. The minimum Gasteiger partial charge on any atom is -0.493 e. The SMILES string of the molecule is CC(C)(C)OC(=O)N1CCC(COc2ccc(Cl)c(Cl)c2)(Cc2ccc(Cl)c(Cl)c2)CC1. The van der Waals surface area contributed by atoms with Crippen LogP contribution in [0.4, 0.5) is 4.79 Å². The first-order valence-corrected chi connectivity index (χ1v) is 12.0. The van der Waals surface area contributed by atoms with Gasteiger partial charge in [0, 0.05) is 24.6 Å². The zero-order valence-electron chi connectivity index (χ0n) is 18.4. The van der Waals surface area contributed by atoms with Crippen LogP contribution >= 0.6 is 46.4 Å². The normalized spacial score (nSPS) is 16.0. The molecule has 0 saturated carbocycles. The number of rotatable bonds is 5. The molecule has 174 valence electrons. The molecule has 0 bridgehead atoms. The van der Waals surface area contributed by atoms with Gasteiger partial charge in [0.1, 0.15) is 11.4 Å². The van der Waals surface area contributed by atoms with Crippen LogP contribution in [0, 0.1) is 5.41 Å². The fourth-order valence-electron chi connectivity index (χ4n) is 3.75. The highest BCUT2D eigenvalue weighted by molar-refractivity contribution is 6.42. The molecule has 2 aromatic rings. The van der Waals surface area contributed by atoms with Gasteiger partial charge in [-0.05, 0) is 69.9 Å². The summed E-state index contributed by atoms with van der Waals surface area (Å²) in [6, 6.07) is 10.9. The topological polar surface area (TPSA) is 38.8 Å². The number of nitrogens with zero attached hydrogens (tertiary/aromatic N) is 1. The van der Waals surface area contributed by atoms with Crippen LogP contribution in [-0.2, 0) is 11.2 Å². The van der Waals surface area contributed by atoms with Gasteiger partial charge in [-0.15, -0.1) is 0 Å². The largest absolute Gasteiger partial charge is 0.493 e. The van der Waals surface area contributed by atoms with Crippen molar-refractivity contribution < 1.29 is 14.3 Å². The number of ether oxygens (including phenoxy) is 2. The Morgan fingerprint density at radius 2 is 1.53 bits per heavy atom. The van der Waals surface area contributed by atoms with Crippen LogP contribution in [0.2, 0.25) is 20.1 Å². The summed E-state index contributed by atoms with van der Waals surface area (Å²) in [7, 11) is 0. The first kappa shape index (κ1) is 25.3. The van der Waals surface area contributed by atoms with E-state index >= 15 is 0 Å². The van der Waals surface area contributed by atoms with E-state index in [1.807, 2.05) is 39.0 Å². The van der Waals surface area contributed by atoms with E-state index < -0.39 is 5.60 Å². The van der Waals surface area contributed by atoms with Crippen molar-refractivity contribution in [1.29, 1.82) is 0 Å². The minimum atomic E-state index is -0.525. The van der Waals surface area contributed by atoms with Gasteiger partial charge in [0.25, 0.3) is 0 Å². The van der Waals surface area contributed by atoms with Crippen molar-refractivity contribution in [2.24, 2.45) is 5.41 Å². The lowest BCUT2D eigenvalue weighted by molar-refractivity contribution is 0.00240. The molecule has 32 heavy (non-hydrogen) atoms. The second-order valence-corrected chi connectivity index (χ2v) is 10.9. The molecule has 3 rings (SSSR count). The highest BCUT2D eigenvalue weighted by atomic mass is 35.5. The van der Waals surface area contributed by atoms with Gasteiger partial charge in [0.15, 0.2) is 0 Å². The standard InChI is InChI=1S/C24H27Cl4NO3/c1-23(2,3)32-22(30)29-10-8-24(9-11-29,14-16-4-6-18(25)20(27)12-16)15-31-17-5-7-19(26)21(28)13-17/h4-7,12-13H,8-11,14-15H2,1-3H3. The van der Waals surface area contributed by atoms with Gasteiger partial charge in [0.05, 0.1) is 26.7 Å². The van der Waals surface area contributed by atoms with Crippen molar-refractivity contribution in [3.8, 4) is 5.75 Å². The molecular formula is C24H27Cl4NO3. The van der Waals surface area contributed by atoms with Crippen LogP contribution in [0.1, 0.15) is 39.2 Å². The maximum atomic E-state index is 12.5. The third kappa shape index (κ3) is 6.84. The summed E-state index contributed by atoms with van der Waals surface area (Å²) in [5.74, 6) is 0.655. The van der Waals surface area contributed by atoms with Crippen LogP contribution in [0.25, 0.3) is 0 Å². The van der Waals surface area contributed by atoms with Gasteiger partial charge in [-0.25, -0.2) is 4.79 Å². The van der Waals surface area contributed by atoms with Crippen molar-refractivity contribution in [2.75, 3.05) is 19.7 Å². The molecule has 1 heterocycles. The molecule has 2 aromatic carbocycles. The van der Waals surface area contributed by atoms with E-state index in [-0.39, 0.29) is 11.5 Å². The van der Waals surface area contributed by atoms with Crippen LogP contribution in [0.15, 0.2) is 36.4 Å². The minimum absolute atomic E-state index is 0.193. The van der Waals surface area contributed by atoms with E-state index in [0.29, 0.717) is 45.5 Å². The Bertz CT molecular complexity index is 966. The Labute approximate surface area is 209 Å². The number of hydrogen-bond donors (Lipinski definition) is 0. The second-order valence-electron chi connectivity index (χ2n) is 9.26. The molecule has 4 nitrogen and oxygen atoms in total. The van der Waals surface area contributed by atoms with E-state index in [4.69, 9.17) is 55.9 Å². The van der Waals surface area contributed by atoms with Crippen molar-refractivity contribution in [3.63, 3.8) is 0 Å². The molecule has 1 amide bonds. The number of halogens is 4. The number of carbonyl (C=O) groups is 1. The maximum absolute atomic E-state index is 12.5. The predicted octanol–water partition coefficient (Wildman–Crippen LogP) is 7.94. The fraction of sp³-hybridized carbons (Fsp3) is 0.458. The molecule has 8 heteroatoms. The summed E-state index contributed by atoms with van der Waals surface area (Å²) < 4.78 is 11.7. The number of benzene rings is 2. The third-order valence-electron chi connectivity index (χ3n) is 5.48. The molecule has 0 unspecified atom stereocenters. The number of likely N-dealkylation sites (tertiary alicyclic amines) is 1. The molecule has 0 radical (unpaired) electrons. The summed E-state index contributed by atoms with van der Waals surface area (Å²) in [5, 5.41) is 1.98. The molecule has 0 aliphatic carbocycles. The molecule has 1 fully saturated rings. The highest BCUT2D eigenvalue weighted by Crippen LogP contribution is 2.38. The molecule has 0 atom stereocenters. The summed E-state index contributed by atoms with van der Waals surface area (Å²) in [6.07, 6.45) is 1.97. The smallest absolute Gasteiger partial charge is 0.410 e. The first-order valence-electron chi connectivity index (χ1n) is 10.5. The number of piperidine rings is 1. The van der Waals surface area contributed by atoms with Crippen molar-refractivity contribution >= 4 is 52.5 Å². The average Bonchev–Trinajstić information content (AvgIpc) is 2.71. The number of hydrogen-bond acceptors (Lipinski definition) is 3. The van der Waals surface area contributed by atoms with Gasteiger partial charge < -0.3 is 14.4 Å². The van der Waals surface area contributed by atoms with E-state index in [1.54, 1.807) is 23.1 Å². The third-order valence-corrected chi connectivity index (χ3v) is 6.95. The Morgan fingerprint density at radius 1 is 0.938 bits per heavy atom. The molecule has 1 aliphatic heterocycles. The molecule has 1 saturated heterocycles. The molecular weight excluding hydrogens is 492 g/mol. The average molecular weight is 519 g/mol. The lowest BCUT2D eigenvalue weighted by Gasteiger charge is -2.42. The summed E-state index contributed by atoms with van der Waals surface area (Å²) in [5.41, 5.74) is 0.354. The van der Waals surface area contributed by atoms with Crippen LogP contribution < -0.4 is 4.74 Å². The fourth-order valence-corrected chi connectivity index (χ4v) is 4.36. The Morgan fingerprint density at radius 3 is 2.09 bits per heavy atom. The first-order chi connectivity index (χ1) is 15.0. The monoisotopic (exact) mass is 517 g/mol. The van der Waals surface area contributed by atoms with Gasteiger partial charge in [0.2, 0.25) is 0 Å². The van der Waals surface area contributed by atoms with E-state index in [9.17, 15) is 4.79 Å². The van der Waals surface area contributed by atoms with Gasteiger partial charge >= 0.3 is 6.09 Å². The quantitative estimate of drug-likeness (QED) is 0.403. The van der Waals surface area contributed by atoms with Gasteiger partial charge in [-0.3, -0.25) is 0 Å². The van der Waals surface area contributed by atoms with E-state index in [1.165, 1.54) is 0 Å². The number of amides is 1. The van der Waals surface area contributed by atoms with E-state index in [2.05, 4.69) is 0 Å². The van der Waals surface area contributed by atoms with Crippen molar-refractivity contribution in [1.82, 2.24) is 4.90 Å². The maximum Gasteiger partial charge on any atom is 0.410 e. The second kappa shape index (κ2) is 10.3. The number of carbonyl (C=O) groups excluding carboxylic acids is 1. The van der Waals surface area contributed by atoms with Gasteiger partial charge in [-0.1, -0.05) is 52.5 Å². The van der Waals surface area contributed by atoms with E-state index in [0.717, 1.165) is 24.8 Å². The Balaban J connectivity index is 1.76. The predicted molar refractivity (Wildman–Crippen MR) is 132 cm³/mol. The Kier molecular flexibility index (Phi) is 8.14.